The number of hydrogen-bond donors (Lipinski definition) is 2. The zero-order valence-electron chi connectivity index (χ0n) is 15.1. The average molecular weight is 345 g/mol. The Morgan fingerprint density at radius 3 is 2.48 bits per heavy atom. The monoisotopic (exact) mass is 345 g/mol. The number of aliphatic hydroxyl groups is 1. The maximum absolute atomic E-state index is 12.0. The third kappa shape index (κ3) is 5.44. The summed E-state index contributed by atoms with van der Waals surface area (Å²) in [5, 5.41) is 13.0. The second-order valence-corrected chi connectivity index (χ2v) is 7.33. The number of rotatable bonds is 7. The van der Waals surface area contributed by atoms with Crippen LogP contribution >= 0.6 is 0 Å². The van der Waals surface area contributed by atoms with Crippen molar-refractivity contribution in [1.82, 2.24) is 10.2 Å². The molecular formula is C20H31N3O2. The Morgan fingerprint density at radius 2 is 1.80 bits per heavy atom. The van der Waals surface area contributed by atoms with Gasteiger partial charge < -0.3 is 15.3 Å². The summed E-state index contributed by atoms with van der Waals surface area (Å²) in [4.78, 5) is 16.8. The number of aliphatic hydroxyl groups excluding tert-OH is 1. The van der Waals surface area contributed by atoms with Crippen LogP contribution in [0.5, 0.6) is 0 Å². The van der Waals surface area contributed by atoms with E-state index in [1.807, 2.05) is 6.07 Å². The number of para-hydroxylation sites is 1. The molecule has 1 saturated carbocycles. The van der Waals surface area contributed by atoms with Crippen LogP contribution < -0.4 is 10.2 Å². The van der Waals surface area contributed by atoms with Crippen LogP contribution in [0.15, 0.2) is 30.3 Å². The topological polar surface area (TPSA) is 55.8 Å². The van der Waals surface area contributed by atoms with Crippen molar-refractivity contribution in [2.24, 2.45) is 5.92 Å². The predicted molar refractivity (Wildman–Crippen MR) is 101 cm³/mol. The number of benzene rings is 1. The molecule has 1 aliphatic heterocycles. The van der Waals surface area contributed by atoms with Gasteiger partial charge in [-0.2, -0.15) is 0 Å². The highest BCUT2D eigenvalue weighted by Gasteiger charge is 2.23. The molecule has 1 aromatic rings. The van der Waals surface area contributed by atoms with Gasteiger partial charge in [-0.05, 0) is 30.9 Å². The van der Waals surface area contributed by atoms with Crippen molar-refractivity contribution < 1.29 is 9.90 Å². The maximum atomic E-state index is 12.0. The minimum atomic E-state index is -0.374. The molecule has 138 valence electrons. The summed E-state index contributed by atoms with van der Waals surface area (Å²) in [6.45, 7) is 5.21. The van der Waals surface area contributed by atoms with Crippen molar-refractivity contribution in [1.29, 1.82) is 0 Å². The molecule has 2 N–H and O–H groups in total. The van der Waals surface area contributed by atoms with Gasteiger partial charge in [0.25, 0.3) is 0 Å². The first-order chi connectivity index (χ1) is 12.2. The van der Waals surface area contributed by atoms with Gasteiger partial charge in [-0.1, -0.05) is 31.0 Å². The molecule has 1 heterocycles. The predicted octanol–water partition coefficient (Wildman–Crippen LogP) is 1.87. The van der Waals surface area contributed by atoms with Gasteiger partial charge in [0.2, 0.25) is 5.91 Å². The largest absolute Gasteiger partial charge is 0.391 e. The van der Waals surface area contributed by atoms with E-state index >= 15 is 0 Å². The third-order valence-corrected chi connectivity index (χ3v) is 5.60. The van der Waals surface area contributed by atoms with Gasteiger partial charge in [0, 0.05) is 51.4 Å². The summed E-state index contributed by atoms with van der Waals surface area (Å²) in [5.74, 6) is 0.439. The summed E-state index contributed by atoms with van der Waals surface area (Å²) in [5.41, 5.74) is 1.28. The van der Waals surface area contributed by atoms with E-state index in [9.17, 15) is 9.90 Å². The van der Waals surface area contributed by atoms with E-state index in [1.165, 1.54) is 18.5 Å². The SMILES string of the molecule is O=C(CCN1CCN(c2ccccc2)CC1)NCC(O)C1CCCC1. The Morgan fingerprint density at radius 1 is 1.12 bits per heavy atom. The molecule has 1 aliphatic carbocycles. The number of nitrogens with one attached hydrogen (secondary N) is 1. The molecule has 0 radical (unpaired) electrons. The highest BCUT2D eigenvalue weighted by molar-refractivity contribution is 5.76. The Balaban J connectivity index is 1.30. The molecule has 0 aromatic heterocycles. The summed E-state index contributed by atoms with van der Waals surface area (Å²) in [6.07, 6.45) is 4.77. The van der Waals surface area contributed by atoms with E-state index in [4.69, 9.17) is 0 Å². The molecule has 2 aliphatic rings. The van der Waals surface area contributed by atoms with E-state index in [0.717, 1.165) is 45.6 Å². The molecule has 1 amide bonds. The van der Waals surface area contributed by atoms with Gasteiger partial charge >= 0.3 is 0 Å². The van der Waals surface area contributed by atoms with Crippen LogP contribution in [0.3, 0.4) is 0 Å². The van der Waals surface area contributed by atoms with Gasteiger partial charge in [-0.25, -0.2) is 0 Å². The van der Waals surface area contributed by atoms with Crippen LogP contribution in [0.1, 0.15) is 32.1 Å². The fraction of sp³-hybridized carbons (Fsp3) is 0.650. The summed E-state index contributed by atoms with van der Waals surface area (Å²) in [7, 11) is 0. The lowest BCUT2D eigenvalue weighted by molar-refractivity contribution is -0.122. The third-order valence-electron chi connectivity index (χ3n) is 5.60. The van der Waals surface area contributed by atoms with E-state index in [-0.39, 0.29) is 12.0 Å². The number of piperazine rings is 1. The first-order valence-electron chi connectivity index (χ1n) is 9.69. The van der Waals surface area contributed by atoms with Gasteiger partial charge in [0.05, 0.1) is 6.10 Å². The highest BCUT2D eigenvalue weighted by atomic mass is 16.3. The van der Waals surface area contributed by atoms with Gasteiger partial charge in [0.15, 0.2) is 0 Å². The smallest absolute Gasteiger partial charge is 0.221 e. The van der Waals surface area contributed by atoms with Crippen LogP contribution in [0.2, 0.25) is 0 Å². The van der Waals surface area contributed by atoms with Crippen LogP contribution in [0.4, 0.5) is 5.69 Å². The van der Waals surface area contributed by atoms with Crippen LogP contribution in [-0.2, 0) is 4.79 Å². The zero-order chi connectivity index (χ0) is 17.5. The fourth-order valence-electron chi connectivity index (χ4n) is 3.94. The van der Waals surface area contributed by atoms with E-state index in [2.05, 4.69) is 39.4 Å². The molecule has 0 spiro atoms. The van der Waals surface area contributed by atoms with Crippen LogP contribution in [0, 0.1) is 5.92 Å². The Labute approximate surface area is 151 Å². The zero-order valence-corrected chi connectivity index (χ0v) is 15.1. The molecule has 2 fully saturated rings. The lowest BCUT2D eigenvalue weighted by Gasteiger charge is -2.36. The fourth-order valence-corrected chi connectivity index (χ4v) is 3.94. The van der Waals surface area contributed by atoms with Crippen molar-refractivity contribution in [3.05, 3.63) is 30.3 Å². The molecule has 5 nitrogen and oxygen atoms in total. The number of amides is 1. The molecule has 5 heteroatoms. The summed E-state index contributed by atoms with van der Waals surface area (Å²) < 4.78 is 0. The average Bonchev–Trinajstić information content (AvgIpc) is 3.20. The quantitative estimate of drug-likeness (QED) is 0.792. The molecule has 0 bridgehead atoms. The normalized spacial score (nSPS) is 20.6. The lowest BCUT2D eigenvalue weighted by atomic mass is 10.0. The summed E-state index contributed by atoms with van der Waals surface area (Å²) in [6, 6.07) is 10.5. The number of nitrogens with zero attached hydrogens (tertiary/aromatic N) is 2. The van der Waals surface area contributed by atoms with Gasteiger partial charge in [-0.3, -0.25) is 9.69 Å². The molecule has 1 atom stereocenters. The minimum absolute atomic E-state index is 0.0579. The van der Waals surface area contributed by atoms with Crippen molar-refractivity contribution in [3.8, 4) is 0 Å². The Kier molecular flexibility index (Phi) is 6.70. The van der Waals surface area contributed by atoms with E-state index in [0.29, 0.717) is 18.9 Å². The van der Waals surface area contributed by atoms with Crippen LogP contribution in [-0.4, -0.2) is 61.3 Å². The first-order valence-corrected chi connectivity index (χ1v) is 9.69. The van der Waals surface area contributed by atoms with Crippen molar-refractivity contribution in [2.75, 3.05) is 44.2 Å². The standard InChI is InChI=1S/C20H31N3O2/c24-19(17-6-4-5-7-17)16-21-20(25)10-11-22-12-14-23(15-13-22)18-8-2-1-3-9-18/h1-3,8-9,17,19,24H,4-7,10-16H2,(H,21,25). The second-order valence-electron chi connectivity index (χ2n) is 7.33. The number of carbonyl (C=O) groups is 1. The van der Waals surface area contributed by atoms with Crippen molar-refractivity contribution in [2.45, 2.75) is 38.2 Å². The molecule has 1 saturated heterocycles. The van der Waals surface area contributed by atoms with Crippen molar-refractivity contribution in [3.63, 3.8) is 0 Å². The molecule has 1 unspecified atom stereocenters. The first kappa shape index (κ1) is 18.2. The molecule has 25 heavy (non-hydrogen) atoms. The molecule has 1 aromatic carbocycles. The summed E-state index contributed by atoms with van der Waals surface area (Å²) >= 11 is 0. The molecule has 3 rings (SSSR count). The second kappa shape index (κ2) is 9.20. The van der Waals surface area contributed by atoms with E-state index < -0.39 is 0 Å². The lowest BCUT2D eigenvalue weighted by Crippen LogP contribution is -2.47. The Hall–Kier alpha value is -1.59. The van der Waals surface area contributed by atoms with E-state index in [1.54, 1.807) is 0 Å². The minimum Gasteiger partial charge on any atom is -0.391 e. The van der Waals surface area contributed by atoms with Gasteiger partial charge in [-0.15, -0.1) is 0 Å². The number of hydrogen-bond acceptors (Lipinski definition) is 4. The maximum Gasteiger partial charge on any atom is 0.221 e. The molecular weight excluding hydrogens is 314 g/mol. The number of carbonyl (C=O) groups excluding carboxylic acids is 1. The van der Waals surface area contributed by atoms with Gasteiger partial charge in [0.1, 0.15) is 0 Å². The Bertz CT molecular complexity index is 523. The van der Waals surface area contributed by atoms with Crippen molar-refractivity contribution >= 4 is 11.6 Å². The number of anilines is 1. The van der Waals surface area contributed by atoms with Crippen LogP contribution in [0.25, 0.3) is 0 Å². The highest BCUT2D eigenvalue weighted by Crippen LogP contribution is 2.27.